The second-order valence-electron chi connectivity index (χ2n) is 8.06. The van der Waals surface area contributed by atoms with Gasteiger partial charge >= 0.3 is 0 Å². The summed E-state index contributed by atoms with van der Waals surface area (Å²) >= 11 is 0. The maximum Gasteiger partial charge on any atom is 0.295 e. The Kier molecular flexibility index (Phi) is 7.01. The van der Waals surface area contributed by atoms with Gasteiger partial charge in [-0.1, -0.05) is 37.6 Å². The van der Waals surface area contributed by atoms with Crippen LogP contribution in [0.2, 0.25) is 0 Å². The highest BCUT2D eigenvalue weighted by Gasteiger charge is 2.46. The maximum absolute atomic E-state index is 13.6. The highest BCUT2D eigenvalue weighted by molar-refractivity contribution is 6.46. The van der Waals surface area contributed by atoms with Crippen molar-refractivity contribution < 1.29 is 23.8 Å². The largest absolute Gasteiger partial charge is 0.507 e. The van der Waals surface area contributed by atoms with Crippen LogP contribution in [0.5, 0.6) is 5.75 Å². The first-order chi connectivity index (χ1) is 16.5. The van der Waals surface area contributed by atoms with E-state index < -0.39 is 23.5 Å². The number of carbonyl (C=O) groups is 2. The molecule has 0 aliphatic carbocycles. The molecule has 4 rings (SSSR count). The third-order valence-electron chi connectivity index (χ3n) is 5.70. The number of aliphatic hydroxyl groups is 1. The standard InChI is InChI=1S/C27H25FN2O4/c1-2-3-15-34-22-6-4-5-20(16-22)25(31)23-24(19-7-9-21(28)10-8-19)30(27(33)26(23)32)17-18-11-13-29-14-12-18/h4-14,16,24,31H,2-3,15,17H2,1H3. The number of rotatable bonds is 8. The van der Waals surface area contributed by atoms with E-state index in [1.807, 2.05) is 0 Å². The van der Waals surface area contributed by atoms with Gasteiger partial charge in [-0.05, 0) is 53.9 Å². The predicted molar refractivity (Wildman–Crippen MR) is 125 cm³/mol. The fraction of sp³-hybridized carbons (Fsp3) is 0.222. The summed E-state index contributed by atoms with van der Waals surface area (Å²) in [6.07, 6.45) is 5.07. The fourth-order valence-electron chi connectivity index (χ4n) is 3.94. The summed E-state index contributed by atoms with van der Waals surface area (Å²) in [6, 6.07) is 15.0. The van der Waals surface area contributed by atoms with Crippen molar-refractivity contribution in [3.05, 3.63) is 101 Å². The number of ketones is 1. The quantitative estimate of drug-likeness (QED) is 0.221. The van der Waals surface area contributed by atoms with Crippen molar-refractivity contribution in [3.63, 3.8) is 0 Å². The minimum absolute atomic E-state index is 0.0450. The van der Waals surface area contributed by atoms with Crippen molar-refractivity contribution in [2.45, 2.75) is 32.4 Å². The molecule has 1 N–H and O–H groups in total. The van der Waals surface area contributed by atoms with E-state index in [0.29, 0.717) is 23.5 Å². The molecular weight excluding hydrogens is 435 g/mol. The number of halogens is 1. The van der Waals surface area contributed by atoms with E-state index >= 15 is 0 Å². The molecule has 2 heterocycles. The number of unbranched alkanes of at least 4 members (excludes halogenated alkanes) is 1. The lowest BCUT2D eigenvalue weighted by molar-refractivity contribution is -0.140. The number of hydrogen-bond acceptors (Lipinski definition) is 5. The van der Waals surface area contributed by atoms with E-state index in [1.165, 1.54) is 29.2 Å². The number of benzene rings is 2. The number of aliphatic hydroxyl groups excluding tert-OH is 1. The molecule has 1 atom stereocenters. The zero-order valence-corrected chi connectivity index (χ0v) is 18.8. The predicted octanol–water partition coefficient (Wildman–Crippen LogP) is 5.02. The fourth-order valence-corrected chi connectivity index (χ4v) is 3.94. The SMILES string of the molecule is CCCCOc1cccc(C(O)=C2C(=O)C(=O)N(Cc3ccncc3)C2c2ccc(F)cc2)c1. The van der Waals surface area contributed by atoms with E-state index in [-0.39, 0.29) is 17.9 Å². The number of aromatic nitrogens is 1. The lowest BCUT2D eigenvalue weighted by atomic mass is 9.95. The van der Waals surface area contributed by atoms with Crippen LogP contribution in [0.4, 0.5) is 4.39 Å². The number of carbonyl (C=O) groups excluding carboxylic acids is 2. The number of ether oxygens (including phenoxy) is 1. The molecule has 0 bridgehead atoms. The van der Waals surface area contributed by atoms with Crippen LogP contribution in [0.25, 0.3) is 5.76 Å². The molecular formula is C27H25FN2O4. The molecule has 174 valence electrons. The van der Waals surface area contributed by atoms with E-state index in [1.54, 1.807) is 48.8 Å². The Balaban J connectivity index is 1.78. The molecule has 2 aromatic carbocycles. The highest BCUT2D eigenvalue weighted by Crippen LogP contribution is 2.40. The first-order valence-corrected chi connectivity index (χ1v) is 11.2. The summed E-state index contributed by atoms with van der Waals surface area (Å²) < 4.78 is 19.4. The molecule has 6 nitrogen and oxygen atoms in total. The topological polar surface area (TPSA) is 79.7 Å². The summed E-state index contributed by atoms with van der Waals surface area (Å²) in [5.74, 6) is -1.71. The van der Waals surface area contributed by atoms with Crippen molar-refractivity contribution in [3.8, 4) is 5.75 Å². The number of amides is 1. The number of pyridine rings is 1. The Bertz CT molecular complexity index is 1210. The van der Waals surface area contributed by atoms with Crippen LogP contribution in [0.1, 0.15) is 42.5 Å². The second-order valence-corrected chi connectivity index (χ2v) is 8.06. The minimum atomic E-state index is -0.876. The van der Waals surface area contributed by atoms with Gasteiger partial charge in [0.1, 0.15) is 17.3 Å². The average molecular weight is 461 g/mol. The smallest absolute Gasteiger partial charge is 0.295 e. The molecule has 1 amide bonds. The minimum Gasteiger partial charge on any atom is -0.507 e. The molecule has 0 radical (unpaired) electrons. The summed E-state index contributed by atoms with van der Waals surface area (Å²) in [4.78, 5) is 31.6. The Morgan fingerprint density at radius 3 is 2.53 bits per heavy atom. The van der Waals surface area contributed by atoms with E-state index in [9.17, 15) is 19.1 Å². The van der Waals surface area contributed by atoms with Crippen LogP contribution in [0.15, 0.2) is 78.6 Å². The van der Waals surface area contributed by atoms with Gasteiger partial charge in [0, 0.05) is 24.5 Å². The number of Topliss-reactive ketones (excluding diaryl/α,β-unsaturated/α-hetero) is 1. The van der Waals surface area contributed by atoms with Gasteiger partial charge in [-0.15, -0.1) is 0 Å². The van der Waals surface area contributed by atoms with Crippen molar-refractivity contribution in [2.24, 2.45) is 0 Å². The molecule has 3 aromatic rings. The molecule has 1 aliphatic rings. The monoisotopic (exact) mass is 460 g/mol. The normalized spacial score (nSPS) is 17.2. The lowest BCUT2D eigenvalue weighted by Crippen LogP contribution is -2.29. The molecule has 1 saturated heterocycles. The van der Waals surface area contributed by atoms with Gasteiger partial charge in [0.15, 0.2) is 0 Å². The molecule has 1 aromatic heterocycles. The lowest BCUT2D eigenvalue weighted by Gasteiger charge is -2.25. The van der Waals surface area contributed by atoms with E-state index in [0.717, 1.165) is 18.4 Å². The third kappa shape index (κ3) is 4.83. The summed E-state index contributed by atoms with van der Waals surface area (Å²) in [6.45, 7) is 2.73. The molecule has 1 unspecified atom stereocenters. The van der Waals surface area contributed by atoms with Crippen molar-refractivity contribution in [2.75, 3.05) is 6.61 Å². The van der Waals surface area contributed by atoms with Crippen molar-refractivity contribution in [1.82, 2.24) is 9.88 Å². The molecule has 0 saturated carbocycles. The van der Waals surface area contributed by atoms with Gasteiger partial charge in [0.05, 0.1) is 18.2 Å². The van der Waals surface area contributed by atoms with Gasteiger partial charge in [-0.25, -0.2) is 4.39 Å². The highest BCUT2D eigenvalue weighted by atomic mass is 19.1. The van der Waals surface area contributed by atoms with Gasteiger partial charge in [0.25, 0.3) is 11.7 Å². The molecule has 0 spiro atoms. The first kappa shape index (κ1) is 23.2. The van der Waals surface area contributed by atoms with Crippen LogP contribution in [-0.2, 0) is 16.1 Å². The summed E-state index contributed by atoms with van der Waals surface area (Å²) in [5.41, 5.74) is 1.61. The maximum atomic E-state index is 13.6. The average Bonchev–Trinajstić information content (AvgIpc) is 3.10. The zero-order valence-electron chi connectivity index (χ0n) is 18.8. The Hall–Kier alpha value is -4.00. The number of likely N-dealkylation sites (tertiary alicyclic amines) is 1. The van der Waals surface area contributed by atoms with Gasteiger partial charge in [0.2, 0.25) is 0 Å². The van der Waals surface area contributed by atoms with Crippen LogP contribution >= 0.6 is 0 Å². The van der Waals surface area contributed by atoms with Crippen LogP contribution in [-0.4, -0.2) is 33.3 Å². The number of hydrogen-bond donors (Lipinski definition) is 1. The Morgan fingerprint density at radius 2 is 1.82 bits per heavy atom. The van der Waals surface area contributed by atoms with Crippen molar-refractivity contribution >= 4 is 17.4 Å². The van der Waals surface area contributed by atoms with Crippen LogP contribution in [0.3, 0.4) is 0 Å². The Labute approximate surface area is 197 Å². The number of nitrogens with zero attached hydrogens (tertiary/aromatic N) is 2. The van der Waals surface area contributed by atoms with Gasteiger partial charge in [-0.3, -0.25) is 14.6 Å². The van der Waals surface area contributed by atoms with E-state index in [4.69, 9.17) is 4.74 Å². The Morgan fingerprint density at radius 1 is 1.09 bits per heavy atom. The summed E-state index contributed by atoms with van der Waals surface area (Å²) in [7, 11) is 0. The van der Waals surface area contributed by atoms with E-state index in [2.05, 4.69) is 11.9 Å². The van der Waals surface area contributed by atoms with Gasteiger partial charge in [-0.2, -0.15) is 0 Å². The third-order valence-corrected chi connectivity index (χ3v) is 5.70. The summed E-state index contributed by atoms with van der Waals surface area (Å²) in [5, 5.41) is 11.2. The molecule has 7 heteroatoms. The molecule has 1 aliphatic heterocycles. The van der Waals surface area contributed by atoms with Crippen LogP contribution in [0, 0.1) is 5.82 Å². The molecule has 34 heavy (non-hydrogen) atoms. The zero-order chi connectivity index (χ0) is 24.1. The van der Waals surface area contributed by atoms with Crippen molar-refractivity contribution in [1.29, 1.82) is 0 Å². The van der Waals surface area contributed by atoms with Gasteiger partial charge < -0.3 is 14.7 Å². The second kappa shape index (κ2) is 10.3. The first-order valence-electron chi connectivity index (χ1n) is 11.2. The van der Waals surface area contributed by atoms with Crippen LogP contribution < -0.4 is 4.74 Å². The molecule has 1 fully saturated rings.